The number of nitrogens with one attached hydrogen (secondary N) is 1. The Morgan fingerprint density at radius 1 is 1.53 bits per heavy atom. The van der Waals surface area contributed by atoms with Crippen LogP contribution >= 0.6 is 0 Å². The van der Waals surface area contributed by atoms with Crippen LogP contribution in [0.3, 0.4) is 0 Å². The fourth-order valence-corrected chi connectivity index (χ4v) is 1.61. The van der Waals surface area contributed by atoms with E-state index in [4.69, 9.17) is 10.2 Å². The van der Waals surface area contributed by atoms with Gasteiger partial charge in [-0.2, -0.15) is 0 Å². The molecule has 0 spiro atoms. The molecule has 1 aromatic heterocycles. The quantitative estimate of drug-likeness (QED) is 0.828. The van der Waals surface area contributed by atoms with Gasteiger partial charge in [0.25, 0.3) is 0 Å². The van der Waals surface area contributed by atoms with E-state index in [1.807, 2.05) is 25.1 Å². The zero-order valence-corrected chi connectivity index (χ0v) is 9.69. The lowest BCUT2D eigenvalue weighted by atomic mass is 10.2. The molecule has 90 valence electrons. The van der Waals surface area contributed by atoms with E-state index < -0.39 is 0 Å². The molecule has 3 N–H and O–H groups in total. The standard InChI is InChI=1S/C12H15N3O2/c1-8-15-10-3-2-9(6-11(10)17-8)7-14-12(16)4-5-13/h2-3,6H,4-5,7,13H2,1H3,(H,14,16). The molecule has 0 aliphatic carbocycles. The van der Waals surface area contributed by atoms with E-state index >= 15 is 0 Å². The summed E-state index contributed by atoms with van der Waals surface area (Å²) in [6, 6.07) is 5.70. The van der Waals surface area contributed by atoms with Crippen LogP contribution in [-0.4, -0.2) is 17.4 Å². The Morgan fingerprint density at radius 3 is 3.12 bits per heavy atom. The predicted molar refractivity (Wildman–Crippen MR) is 64.3 cm³/mol. The van der Waals surface area contributed by atoms with E-state index in [-0.39, 0.29) is 5.91 Å². The van der Waals surface area contributed by atoms with E-state index in [9.17, 15) is 4.79 Å². The number of hydrogen-bond acceptors (Lipinski definition) is 4. The first kappa shape index (κ1) is 11.6. The van der Waals surface area contributed by atoms with Crippen molar-refractivity contribution in [2.45, 2.75) is 19.9 Å². The molecule has 0 aliphatic rings. The Labute approximate surface area is 99.0 Å². The third-order valence-corrected chi connectivity index (χ3v) is 2.42. The lowest BCUT2D eigenvalue weighted by Gasteiger charge is -2.03. The minimum atomic E-state index is -0.0404. The number of hydrogen-bond donors (Lipinski definition) is 2. The first-order valence-electron chi connectivity index (χ1n) is 5.52. The molecule has 0 unspecified atom stereocenters. The van der Waals surface area contributed by atoms with Crippen molar-refractivity contribution in [2.24, 2.45) is 5.73 Å². The SMILES string of the molecule is Cc1nc2ccc(CNC(=O)CCN)cc2o1. The number of carbonyl (C=O) groups excluding carboxylic acids is 1. The molecule has 1 aromatic carbocycles. The number of nitrogens with zero attached hydrogens (tertiary/aromatic N) is 1. The molecule has 0 atom stereocenters. The highest BCUT2D eigenvalue weighted by atomic mass is 16.3. The molecule has 5 heteroatoms. The summed E-state index contributed by atoms with van der Waals surface area (Å²) < 4.78 is 5.42. The molecule has 0 radical (unpaired) electrons. The van der Waals surface area contributed by atoms with Gasteiger partial charge < -0.3 is 15.5 Å². The molecule has 0 fully saturated rings. The van der Waals surface area contributed by atoms with Gasteiger partial charge in [0.05, 0.1) is 0 Å². The van der Waals surface area contributed by atoms with E-state index in [0.717, 1.165) is 16.7 Å². The second-order valence-corrected chi connectivity index (χ2v) is 3.85. The van der Waals surface area contributed by atoms with Gasteiger partial charge in [0.2, 0.25) is 5.91 Å². The van der Waals surface area contributed by atoms with Crippen LogP contribution < -0.4 is 11.1 Å². The fourth-order valence-electron chi connectivity index (χ4n) is 1.61. The van der Waals surface area contributed by atoms with Crippen molar-refractivity contribution in [1.82, 2.24) is 10.3 Å². The fraction of sp³-hybridized carbons (Fsp3) is 0.333. The van der Waals surface area contributed by atoms with Gasteiger partial charge in [-0.25, -0.2) is 4.98 Å². The summed E-state index contributed by atoms with van der Waals surface area (Å²) in [6.07, 6.45) is 0.351. The zero-order chi connectivity index (χ0) is 12.3. The monoisotopic (exact) mass is 233 g/mol. The van der Waals surface area contributed by atoms with Crippen LogP contribution in [0.1, 0.15) is 17.9 Å². The summed E-state index contributed by atoms with van der Waals surface area (Å²) in [4.78, 5) is 15.5. The highest BCUT2D eigenvalue weighted by Gasteiger charge is 2.04. The van der Waals surface area contributed by atoms with Gasteiger partial charge >= 0.3 is 0 Å². The number of fused-ring (bicyclic) bond motifs is 1. The molecule has 5 nitrogen and oxygen atoms in total. The molecule has 1 amide bonds. The van der Waals surface area contributed by atoms with Crippen molar-refractivity contribution in [3.8, 4) is 0 Å². The number of oxazole rings is 1. The number of amides is 1. The van der Waals surface area contributed by atoms with Gasteiger partial charge in [-0.3, -0.25) is 4.79 Å². The average Bonchev–Trinajstić information content (AvgIpc) is 2.66. The lowest BCUT2D eigenvalue weighted by Crippen LogP contribution is -2.24. The van der Waals surface area contributed by atoms with E-state index in [1.165, 1.54) is 0 Å². The van der Waals surface area contributed by atoms with Crippen LogP contribution in [0.15, 0.2) is 22.6 Å². The van der Waals surface area contributed by atoms with E-state index in [2.05, 4.69) is 10.3 Å². The van der Waals surface area contributed by atoms with E-state index in [1.54, 1.807) is 0 Å². The summed E-state index contributed by atoms with van der Waals surface area (Å²) in [5.41, 5.74) is 7.85. The molecule has 0 bridgehead atoms. The van der Waals surface area contributed by atoms with Crippen LogP contribution in [0.2, 0.25) is 0 Å². The second-order valence-electron chi connectivity index (χ2n) is 3.85. The summed E-state index contributed by atoms with van der Waals surface area (Å²) in [6.45, 7) is 2.66. The highest BCUT2D eigenvalue weighted by molar-refractivity contribution is 5.76. The number of aryl methyl sites for hydroxylation is 1. The number of carbonyl (C=O) groups is 1. The zero-order valence-electron chi connectivity index (χ0n) is 9.69. The number of rotatable bonds is 4. The topological polar surface area (TPSA) is 81.2 Å². The Kier molecular flexibility index (Phi) is 3.39. The first-order valence-corrected chi connectivity index (χ1v) is 5.52. The van der Waals surface area contributed by atoms with Crippen LogP contribution in [0.25, 0.3) is 11.1 Å². The Morgan fingerprint density at radius 2 is 2.35 bits per heavy atom. The lowest BCUT2D eigenvalue weighted by molar-refractivity contribution is -0.121. The molecular weight excluding hydrogens is 218 g/mol. The van der Waals surface area contributed by atoms with Crippen LogP contribution in [0.5, 0.6) is 0 Å². The van der Waals surface area contributed by atoms with Gasteiger partial charge in [0.15, 0.2) is 11.5 Å². The molecular formula is C12H15N3O2. The number of benzene rings is 1. The van der Waals surface area contributed by atoms with Crippen molar-refractivity contribution in [3.63, 3.8) is 0 Å². The van der Waals surface area contributed by atoms with Crippen molar-refractivity contribution in [2.75, 3.05) is 6.54 Å². The smallest absolute Gasteiger partial charge is 0.221 e. The maximum Gasteiger partial charge on any atom is 0.221 e. The van der Waals surface area contributed by atoms with Gasteiger partial charge in [0, 0.05) is 26.4 Å². The molecule has 17 heavy (non-hydrogen) atoms. The summed E-state index contributed by atoms with van der Waals surface area (Å²) >= 11 is 0. The first-order chi connectivity index (χ1) is 8.19. The Hall–Kier alpha value is -1.88. The van der Waals surface area contributed by atoms with Crippen LogP contribution in [0, 0.1) is 6.92 Å². The van der Waals surface area contributed by atoms with Gasteiger partial charge in [-0.1, -0.05) is 6.07 Å². The van der Waals surface area contributed by atoms with Gasteiger partial charge in [-0.05, 0) is 17.7 Å². The minimum absolute atomic E-state index is 0.0404. The summed E-state index contributed by atoms with van der Waals surface area (Å²) in [5.74, 6) is 0.602. The predicted octanol–water partition coefficient (Wildman–Crippen LogP) is 1.10. The van der Waals surface area contributed by atoms with Gasteiger partial charge in [0.1, 0.15) is 5.52 Å². The summed E-state index contributed by atoms with van der Waals surface area (Å²) in [7, 11) is 0. The largest absolute Gasteiger partial charge is 0.441 e. The van der Waals surface area contributed by atoms with Crippen molar-refractivity contribution in [3.05, 3.63) is 29.7 Å². The number of nitrogens with two attached hydrogens (primary N) is 1. The minimum Gasteiger partial charge on any atom is -0.441 e. The summed E-state index contributed by atoms with van der Waals surface area (Å²) in [5, 5.41) is 2.79. The molecule has 1 heterocycles. The van der Waals surface area contributed by atoms with Crippen molar-refractivity contribution >= 4 is 17.0 Å². The maximum atomic E-state index is 11.3. The normalized spacial score (nSPS) is 10.7. The third-order valence-electron chi connectivity index (χ3n) is 2.42. The van der Waals surface area contributed by atoms with Gasteiger partial charge in [-0.15, -0.1) is 0 Å². The maximum absolute atomic E-state index is 11.3. The average molecular weight is 233 g/mol. The molecule has 0 saturated heterocycles. The second kappa shape index (κ2) is 4.97. The third kappa shape index (κ3) is 2.82. The molecule has 0 saturated carbocycles. The van der Waals surface area contributed by atoms with Crippen LogP contribution in [-0.2, 0) is 11.3 Å². The van der Waals surface area contributed by atoms with Crippen molar-refractivity contribution in [1.29, 1.82) is 0 Å². The Bertz CT molecular complexity index is 534. The molecule has 2 aromatic rings. The van der Waals surface area contributed by atoms with E-state index in [0.29, 0.717) is 25.4 Å². The van der Waals surface area contributed by atoms with Crippen molar-refractivity contribution < 1.29 is 9.21 Å². The molecule has 0 aliphatic heterocycles. The molecule has 2 rings (SSSR count). The number of aromatic nitrogens is 1. The van der Waals surface area contributed by atoms with Crippen LogP contribution in [0.4, 0.5) is 0 Å². The highest BCUT2D eigenvalue weighted by Crippen LogP contribution is 2.16. The Balaban J connectivity index is 2.06.